The fraction of sp³-hybridized carbons (Fsp3) is 0.333. The van der Waals surface area contributed by atoms with Crippen molar-refractivity contribution in [1.82, 2.24) is 15.2 Å². The summed E-state index contributed by atoms with van der Waals surface area (Å²) >= 11 is 7.51. The molecule has 1 aromatic heterocycles. The Morgan fingerprint density at radius 2 is 2.16 bits per heavy atom. The smallest absolute Gasteiger partial charge is 0.210 e. The van der Waals surface area contributed by atoms with E-state index in [-0.39, 0.29) is 0 Å². The molecule has 0 fully saturated rings. The van der Waals surface area contributed by atoms with Crippen LogP contribution in [0.4, 0.5) is 0 Å². The molecule has 0 spiro atoms. The van der Waals surface area contributed by atoms with E-state index in [4.69, 9.17) is 21.1 Å². The number of rotatable bonds is 7. The minimum Gasteiger partial charge on any atom is -0.382 e. The Labute approximate surface area is 120 Å². The highest BCUT2D eigenvalue weighted by Crippen LogP contribution is 2.25. The highest BCUT2D eigenvalue weighted by molar-refractivity contribution is 7.99. The number of halogens is 1. The molecule has 0 aliphatic heterocycles. The van der Waals surface area contributed by atoms with Crippen LogP contribution in [0.15, 0.2) is 29.4 Å². The lowest BCUT2D eigenvalue weighted by Crippen LogP contribution is -2.00. The normalized spacial score (nSPS) is 10.8. The number of thioether (sulfide) groups is 1. The zero-order chi connectivity index (χ0) is 13.5. The van der Waals surface area contributed by atoms with E-state index in [1.54, 1.807) is 7.11 Å². The third-order valence-electron chi connectivity index (χ3n) is 2.30. The molecule has 19 heavy (non-hydrogen) atoms. The van der Waals surface area contributed by atoms with Crippen LogP contribution in [-0.4, -0.2) is 41.4 Å². The Balaban J connectivity index is 1.91. The lowest BCUT2D eigenvalue weighted by molar-refractivity contribution is 0.0953. The standard InChI is InChI=1S/C12H14ClN3O2S/c1-17-6-7-18-8-19-12-14-11(15-16-12)9-4-2-3-5-10(9)13/h2-5H,6-8H2,1H3,(H,14,15,16). The average Bonchev–Trinajstić information content (AvgIpc) is 2.88. The maximum Gasteiger partial charge on any atom is 0.210 e. The first kappa shape index (κ1) is 14.3. The third kappa shape index (κ3) is 4.21. The van der Waals surface area contributed by atoms with Crippen molar-refractivity contribution in [2.75, 3.05) is 26.3 Å². The van der Waals surface area contributed by atoms with Gasteiger partial charge in [-0.15, -0.1) is 5.10 Å². The van der Waals surface area contributed by atoms with Gasteiger partial charge in [-0.3, -0.25) is 5.10 Å². The van der Waals surface area contributed by atoms with Gasteiger partial charge in [-0.2, -0.15) is 0 Å². The minimum atomic E-state index is 0.489. The molecular weight excluding hydrogens is 286 g/mol. The molecule has 0 bridgehead atoms. The van der Waals surface area contributed by atoms with Gasteiger partial charge in [0.2, 0.25) is 5.16 Å². The molecule has 1 aromatic carbocycles. The van der Waals surface area contributed by atoms with E-state index in [0.29, 0.717) is 35.2 Å². The molecule has 0 aliphatic rings. The number of aromatic nitrogens is 3. The van der Waals surface area contributed by atoms with Crippen LogP contribution in [-0.2, 0) is 9.47 Å². The summed E-state index contributed by atoms with van der Waals surface area (Å²) in [4.78, 5) is 4.36. The quantitative estimate of drug-likeness (QED) is 0.484. The average molecular weight is 300 g/mol. The van der Waals surface area contributed by atoms with Crippen molar-refractivity contribution in [3.63, 3.8) is 0 Å². The maximum atomic E-state index is 6.10. The van der Waals surface area contributed by atoms with E-state index < -0.39 is 0 Å². The molecule has 2 aromatic rings. The van der Waals surface area contributed by atoms with Crippen LogP contribution in [0, 0.1) is 0 Å². The van der Waals surface area contributed by atoms with Crippen molar-refractivity contribution in [3.8, 4) is 11.4 Å². The molecular formula is C12H14ClN3O2S. The van der Waals surface area contributed by atoms with Crippen molar-refractivity contribution in [2.45, 2.75) is 5.16 Å². The van der Waals surface area contributed by atoms with E-state index in [2.05, 4.69) is 15.2 Å². The van der Waals surface area contributed by atoms with Crippen molar-refractivity contribution in [1.29, 1.82) is 0 Å². The number of hydrogen-bond donors (Lipinski definition) is 1. The molecule has 0 unspecified atom stereocenters. The number of methoxy groups -OCH3 is 1. The van der Waals surface area contributed by atoms with Crippen molar-refractivity contribution < 1.29 is 9.47 Å². The number of aromatic amines is 1. The van der Waals surface area contributed by atoms with Gasteiger partial charge >= 0.3 is 0 Å². The summed E-state index contributed by atoms with van der Waals surface area (Å²) in [6, 6.07) is 7.50. The predicted molar refractivity (Wildman–Crippen MR) is 75.4 cm³/mol. The second-order valence-corrected chi connectivity index (χ2v) is 4.91. The van der Waals surface area contributed by atoms with Gasteiger partial charge in [0.05, 0.1) is 24.2 Å². The van der Waals surface area contributed by atoms with Gasteiger partial charge in [0.15, 0.2) is 5.82 Å². The summed E-state index contributed by atoms with van der Waals surface area (Å²) in [6.45, 7) is 1.14. The topological polar surface area (TPSA) is 60.0 Å². The largest absolute Gasteiger partial charge is 0.382 e. The molecule has 0 amide bonds. The molecule has 1 heterocycles. The first-order valence-corrected chi connectivity index (χ1v) is 7.04. The number of nitrogens with one attached hydrogen (secondary N) is 1. The Hall–Kier alpha value is -1.08. The van der Waals surface area contributed by atoms with Crippen LogP contribution in [0.3, 0.4) is 0 Å². The van der Waals surface area contributed by atoms with Crippen LogP contribution in [0.1, 0.15) is 0 Å². The Kier molecular flexibility index (Phi) is 5.65. The summed E-state index contributed by atoms with van der Waals surface area (Å²) in [5.74, 6) is 1.15. The third-order valence-corrected chi connectivity index (χ3v) is 3.35. The van der Waals surface area contributed by atoms with E-state index >= 15 is 0 Å². The molecule has 5 nitrogen and oxygen atoms in total. The molecule has 2 rings (SSSR count). The number of H-pyrrole nitrogens is 1. The summed E-state index contributed by atoms with van der Waals surface area (Å²) in [5, 5.41) is 8.25. The lowest BCUT2D eigenvalue weighted by atomic mass is 10.2. The van der Waals surface area contributed by atoms with Gasteiger partial charge in [0, 0.05) is 12.7 Å². The van der Waals surface area contributed by atoms with E-state index in [1.807, 2.05) is 24.3 Å². The predicted octanol–water partition coefficient (Wildman–Crippen LogP) is 2.84. The molecule has 0 radical (unpaired) electrons. The van der Waals surface area contributed by atoms with Crippen LogP contribution in [0.2, 0.25) is 5.02 Å². The van der Waals surface area contributed by atoms with Crippen LogP contribution in [0.25, 0.3) is 11.4 Å². The molecule has 102 valence electrons. The van der Waals surface area contributed by atoms with Crippen molar-refractivity contribution in [3.05, 3.63) is 29.3 Å². The van der Waals surface area contributed by atoms with Crippen LogP contribution >= 0.6 is 23.4 Å². The summed E-state index contributed by atoms with van der Waals surface area (Å²) in [7, 11) is 1.64. The van der Waals surface area contributed by atoms with Gasteiger partial charge in [0.25, 0.3) is 0 Å². The fourth-order valence-corrected chi connectivity index (χ4v) is 2.18. The first-order chi connectivity index (χ1) is 9.31. The fourth-order valence-electron chi connectivity index (χ4n) is 1.38. The summed E-state index contributed by atoms with van der Waals surface area (Å²) in [6.07, 6.45) is 0. The number of benzene rings is 1. The second kappa shape index (κ2) is 7.49. The second-order valence-electron chi connectivity index (χ2n) is 3.61. The SMILES string of the molecule is COCCOCSc1n[nH]c(-c2ccccc2Cl)n1. The van der Waals surface area contributed by atoms with Gasteiger partial charge in [-0.25, -0.2) is 4.98 Å². The number of ether oxygens (including phenoxy) is 2. The maximum absolute atomic E-state index is 6.10. The highest BCUT2D eigenvalue weighted by Gasteiger charge is 2.08. The van der Waals surface area contributed by atoms with Gasteiger partial charge < -0.3 is 9.47 Å². The molecule has 1 N–H and O–H groups in total. The Morgan fingerprint density at radius 3 is 2.95 bits per heavy atom. The summed E-state index contributed by atoms with van der Waals surface area (Å²) in [5.41, 5.74) is 0.837. The molecule has 0 saturated heterocycles. The van der Waals surface area contributed by atoms with E-state index in [9.17, 15) is 0 Å². The Morgan fingerprint density at radius 1 is 1.32 bits per heavy atom. The van der Waals surface area contributed by atoms with E-state index in [0.717, 1.165) is 5.56 Å². The van der Waals surface area contributed by atoms with Gasteiger partial charge in [-0.05, 0) is 12.1 Å². The zero-order valence-electron chi connectivity index (χ0n) is 10.4. The molecule has 7 heteroatoms. The monoisotopic (exact) mass is 299 g/mol. The van der Waals surface area contributed by atoms with Crippen molar-refractivity contribution in [2.24, 2.45) is 0 Å². The van der Waals surface area contributed by atoms with Gasteiger partial charge in [0.1, 0.15) is 0 Å². The van der Waals surface area contributed by atoms with Gasteiger partial charge in [-0.1, -0.05) is 35.5 Å². The highest BCUT2D eigenvalue weighted by atomic mass is 35.5. The number of hydrogen-bond acceptors (Lipinski definition) is 5. The number of nitrogens with zero attached hydrogens (tertiary/aromatic N) is 2. The van der Waals surface area contributed by atoms with Crippen molar-refractivity contribution >= 4 is 23.4 Å². The molecule has 0 aliphatic carbocycles. The minimum absolute atomic E-state index is 0.489. The Bertz CT molecular complexity index is 521. The molecule has 0 saturated carbocycles. The molecule has 0 atom stereocenters. The zero-order valence-corrected chi connectivity index (χ0v) is 12.0. The van der Waals surface area contributed by atoms with E-state index in [1.165, 1.54) is 11.8 Å². The summed E-state index contributed by atoms with van der Waals surface area (Å²) < 4.78 is 10.2. The van der Waals surface area contributed by atoms with Crippen LogP contribution < -0.4 is 0 Å². The lowest BCUT2D eigenvalue weighted by Gasteiger charge is -2.00. The van der Waals surface area contributed by atoms with Crippen LogP contribution in [0.5, 0.6) is 0 Å². The first-order valence-electron chi connectivity index (χ1n) is 5.68.